The lowest BCUT2D eigenvalue weighted by atomic mass is 9.95. The minimum Gasteiger partial charge on any atom is -0.466 e. The molecule has 1 atom stereocenters. The highest BCUT2D eigenvalue weighted by Gasteiger charge is 2.30. The highest BCUT2D eigenvalue weighted by molar-refractivity contribution is 5.88. The van der Waals surface area contributed by atoms with Crippen LogP contribution in [0.1, 0.15) is 127 Å². The summed E-state index contributed by atoms with van der Waals surface area (Å²) in [5.41, 5.74) is 4.68. The van der Waals surface area contributed by atoms with E-state index >= 15 is 0 Å². The van der Waals surface area contributed by atoms with Gasteiger partial charge in [-0.2, -0.15) is 0 Å². The maximum absolute atomic E-state index is 12.0. The molecule has 1 amide bonds. The summed E-state index contributed by atoms with van der Waals surface area (Å²) in [4.78, 5) is 77.7. The van der Waals surface area contributed by atoms with Crippen LogP contribution in [-0.2, 0) is 68.5 Å². The second-order valence-electron chi connectivity index (χ2n) is 21.0. The number of morpholine rings is 1. The molecule has 2 heterocycles. The molecule has 1 unspecified atom stereocenters. The van der Waals surface area contributed by atoms with Crippen LogP contribution in [0.25, 0.3) is 6.08 Å². The number of benzene rings is 1. The Balaban J connectivity index is -0.000000226. The fourth-order valence-electron chi connectivity index (χ4n) is 5.78. The van der Waals surface area contributed by atoms with Crippen LogP contribution in [0.5, 0.6) is 0 Å². The smallest absolute Gasteiger partial charge is 0.333 e. The lowest BCUT2D eigenvalue weighted by molar-refractivity contribution is -0.158. The molecule has 1 fully saturated rings. The highest BCUT2D eigenvalue weighted by atomic mass is 16.6. The molecule has 1 saturated heterocycles. The summed E-state index contributed by atoms with van der Waals surface area (Å²) >= 11 is 0. The van der Waals surface area contributed by atoms with Crippen molar-refractivity contribution in [1.82, 2.24) is 29.9 Å². The molecule has 0 saturated carbocycles. The van der Waals surface area contributed by atoms with Gasteiger partial charge in [0.25, 0.3) is 0 Å². The van der Waals surface area contributed by atoms with Crippen LogP contribution in [0.3, 0.4) is 0 Å². The van der Waals surface area contributed by atoms with Gasteiger partial charge in [0, 0.05) is 80.0 Å². The summed E-state index contributed by atoms with van der Waals surface area (Å²) in [6.07, 6.45) is 7.96. The van der Waals surface area contributed by atoms with Gasteiger partial charge in [-0.1, -0.05) is 112 Å². The Bertz CT molecular complexity index is 2220. The average Bonchev–Trinajstić information content (AvgIpc) is 3.52. The molecule has 0 spiro atoms. The lowest BCUT2D eigenvalue weighted by Gasteiger charge is -2.26. The van der Waals surface area contributed by atoms with E-state index in [2.05, 4.69) is 104 Å². The molecule has 0 radical (unpaired) electrons. The number of nitrogens with zero attached hydrogens (tertiary/aromatic N) is 5. The van der Waals surface area contributed by atoms with Crippen molar-refractivity contribution < 1.29 is 61.9 Å². The van der Waals surface area contributed by atoms with Crippen LogP contribution >= 0.6 is 0 Å². The van der Waals surface area contributed by atoms with E-state index in [0.29, 0.717) is 67.9 Å². The number of likely N-dealkylation sites (N-methyl/N-ethyl adjacent to an activating group) is 3. The molecule has 1 N–H and O–H groups in total. The van der Waals surface area contributed by atoms with Gasteiger partial charge in [0.2, 0.25) is 5.91 Å². The standard InChI is InChI=1S/C18H27NO3.C10H17NO3.C10H19NO2.C9H13N.C8H15NO2.C6H11NO.C5H8O2.2CH4/c1-6-15-7-9-16(10-8-15)13-21-14-18(2,3)17(20)22-12-11-19(4)5;1-9(2)10(12)14-8-5-11-3-6-13-7-4-11;1-5-11(6-2)7-8-13-10(12)9(3)4;1-3-8(2)9-4-6-10-7-5-9;1-7(2)8(10)11-6-5-9(3)4;1-4-6(8)7-5(2)3;1-4(2)5(6)7-3;;/h6-10H,1,11-14H2,2-5H3;1,3-8H2,2H3;3,5-8H2,1-2,4H3;4-8H,3H2,1-2H3;1,5-6H2,2-4H3;4-5H,1H2,2-3H3,(H,7,8);1H2,2-3H3;2*1H4. The van der Waals surface area contributed by atoms with Gasteiger partial charge in [0.1, 0.15) is 26.4 Å². The Morgan fingerprint density at radius 2 is 1.11 bits per heavy atom. The third kappa shape index (κ3) is 55.7. The summed E-state index contributed by atoms with van der Waals surface area (Å²) < 4.78 is 35.2. The van der Waals surface area contributed by atoms with E-state index in [-0.39, 0.29) is 56.6 Å². The lowest BCUT2D eigenvalue weighted by Crippen LogP contribution is -2.38. The Morgan fingerprint density at radius 1 is 0.678 bits per heavy atom. The predicted octanol–water partition coefficient (Wildman–Crippen LogP) is 10.8. The molecular weight excluding hydrogens is 1110 g/mol. The molecule has 0 aliphatic carbocycles. The number of hydrogen-bond donors (Lipinski definition) is 1. The first-order valence-corrected chi connectivity index (χ1v) is 28.7. The summed E-state index contributed by atoms with van der Waals surface area (Å²) in [5, 5.41) is 2.64. The number of aromatic nitrogens is 1. The van der Waals surface area contributed by atoms with Crippen molar-refractivity contribution in [1.29, 1.82) is 0 Å². The molecule has 1 aliphatic rings. The Hall–Kier alpha value is -6.61. The molecule has 1 aromatic heterocycles. The minimum absolute atomic E-state index is 0. The van der Waals surface area contributed by atoms with Crippen molar-refractivity contribution in [2.45, 2.75) is 123 Å². The van der Waals surface area contributed by atoms with E-state index in [1.807, 2.05) is 102 Å². The number of ether oxygens (including phenoxy) is 7. The molecule has 1 aliphatic heterocycles. The van der Waals surface area contributed by atoms with Crippen LogP contribution in [0.4, 0.5) is 0 Å². The third-order valence-electron chi connectivity index (χ3n) is 11.4. The van der Waals surface area contributed by atoms with Crippen molar-refractivity contribution in [3.05, 3.63) is 133 Å². The number of hydrogen-bond acceptors (Lipinski definition) is 18. The van der Waals surface area contributed by atoms with Crippen molar-refractivity contribution in [3.8, 4) is 0 Å². The van der Waals surface area contributed by atoms with Gasteiger partial charge in [-0.25, -0.2) is 19.2 Å². The maximum atomic E-state index is 12.0. The zero-order valence-electron chi connectivity index (χ0n) is 55.2. The molecule has 87 heavy (non-hydrogen) atoms. The topological polar surface area (TPSA) is 205 Å². The highest BCUT2D eigenvalue weighted by Crippen LogP contribution is 2.19. The second-order valence-corrected chi connectivity index (χ2v) is 21.0. The zero-order chi connectivity index (χ0) is 65.9. The number of pyridine rings is 1. The van der Waals surface area contributed by atoms with E-state index in [9.17, 15) is 28.8 Å². The first-order valence-electron chi connectivity index (χ1n) is 28.7. The van der Waals surface area contributed by atoms with Crippen LogP contribution in [0, 0.1) is 5.41 Å². The largest absolute Gasteiger partial charge is 0.466 e. The summed E-state index contributed by atoms with van der Waals surface area (Å²) in [6, 6.07) is 12.3. The monoisotopic (exact) mass is 1230 g/mol. The van der Waals surface area contributed by atoms with Crippen LogP contribution < -0.4 is 5.32 Å². The molecule has 1 aromatic carbocycles. The van der Waals surface area contributed by atoms with Gasteiger partial charge in [-0.05, 0) is 144 Å². The van der Waals surface area contributed by atoms with Gasteiger partial charge in [-0.15, -0.1) is 0 Å². The fourth-order valence-corrected chi connectivity index (χ4v) is 5.78. The summed E-state index contributed by atoms with van der Waals surface area (Å²) in [7, 11) is 9.07. The molecule has 3 rings (SSSR count). The van der Waals surface area contributed by atoms with Gasteiger partial charge in [0.05, 0.1) is 39.0 Å². The number of amides is 1. The number of rotatable bonds is 28. The quantitative estimate of drug-likeness (QED) is 0.0478. The number of carbonyl (C=O) groups is 6. The third-order valence-corrected chi connectivity index (χ3v) is 11.4. The summed E-state index contributed by atoms with van der Waals surface area (Å²) in [5.74, 6) is -0.934. The van der Waals surface area contributed by atoms with Crippen LogP contribution in [-0.4, -0.2) is 200 Å². The zero-order valence-corrected chi connectivity index (χ0v) is 55.2. The van der Waals surface area contributed by atoms with Crippen molar-refractivity contribution in [2.75, 3.05) is 134 Å². The van der Waals surface area contributed by atoms with E-state index < -0.39 is 5.41 Å². The van der Waals surface area contributed by atoms with Gasteiger partial charge in [-0.3, -0.25) is 19.5 Å². The molecule has 19 heteroatoms. The second kappa shape index (κ2) is 57.2. The van der Waals surface area contributed by atoms with Gasteiger partial charge >= 0.3 is 29.8 Å². The first kappa shape index (κ1) is 91.6. The van der Waals surface area contributed by atoms with Gasteiger partial charge < -0.3 is 53.2 Å². The van der Waals surface area contributed by atoms with E-state index in [0.717, 1.165) is 76.7 Å². The van der Waals surface area contributed by atoms with Gasteiger partial charge in [0.15, 0.2) is 0 Å². The molecule has 2 aromatic rings. The van der Waals surface area contributed by atoms with Crippen molar-refractivity contribution in [2.24, 2.45) is 5.41 Å². The van der Waals surface area contributed by atoms with Crippen LogP contribution in [0.2, 0.25) is 0 Å². The number of methoxy groups -OCH3 is 1. The van der Waals surface area contributed by atoms with E-state index in [1.165, 1.54) is 25.2 Å². The van der Waals surface area contributed by atoms with Crippen molar-refractivity contribution in [3.63, 3.8) is 0 Å². The number of carbonyl (C=O) groups excluding carboxylic acids is 6. The number of nitrogens with one attached hydrogen (secondary N) is 1. The van der Waals surface area contributed by atoms with Crippen LogP contribution in [0.15, 0.2) is 117 Å². The Kier molecular flexibility index (Phi) is 60.1. The van der Waals surface area contributed by atoms with E-state index in [4.69, 9.17) is 28.4 Å². The Labute approximate surface area is 527 Å². The number of esters is 5. The normalized spacial score (nSPS) is 11.5. The van der Waals surface area contributed by atoms with E-state index in [1.54, 1.807) is 33.8 Å². The minimum atomic E-state index is -0.645. The molecule has 19 nitrogen and oxygen atoms in total. The molecular formula is C68H118N6O13. The summed E-state index contributed by atoms with van der Waals surface area (Å²) in [6.45, 7) is 54.4. The maximum Gasteiger partial charge on any atom is 0.333 e. The SMILES string of the molecule is C.C.C=C(C)C(=O)OC.C=C(C)C(=O)OCCN(C)C.C=C(C)C(=O)OCCN(CC)CC.C=C(C)C(=O)OCCN1CCOCC1.C=CC(=O)NC(C)C.C=Cc1ccc(COCC(C)(C)C(=O)OCCN(C)C)cc1.CCC(C)c1ccncc1. The molecule has 0 bridgehead atoms. The first-order chi connectivity index (χ1) is 39.9. The predicted molar refractivity (Wildman–Crippen MR) is 357 cm³/mol. The van der Waals surface area contributed by atoms with Crippen molar-refractivity contribution >= 4 is 41.8 Å². The fraction of sp³-hybridized carbons (Fsp3) is 0.574. The average molecular weight is 1230 g/mol. The Morgan fingerprint density at radius 3 is 1.47 bits per heavy atom. The molecule has 498 valence electrons.